The van der Waals surface area contributed by atoms with Crippen molar-refractivity contribution in [1.82, 2.24) is 16.1 Å². The molecule has 0 heterocycles. The molecule has 0 aliphatic heterocycles. The molecule has 0 spiro atoms. The van der Waals surface area contributed by atoms with Crippen molar-refractivity contribution in [1.29, 1.82) is 0 Å². The normalized spacial score (nSPS) is 17.3. The van der Waals surface area contributed by atoms with Gasteiger partial charge in [-0.25, -0.2) is 5.48 Å². The van der Waals surface area contributed by atoms with Gasteiger partial charge in [0.05, 0.1) is 6.61 Å². The Morgan fingerprint density at radius 1 is 0.969 bits per heavy atom. The van der Waals surface area contributed by atoms with Crippen LogP contribution in [-0.2, 0) is 25.8 Å². The second kappa shape index (κ2) is 13.2. The first kappa shape index (κ1) is 25.8. The van der Waals surface area contributed by atoms with Gasteiger partial charge in [0.2, 0.25) is 17.7 Å². The van der Waals surface area contributed by atoms with Crippen LogP contribution >= 0.6 is 0 Å². The molecular weight excluding hydrogens is 406 g/mol. The number of hydroxylamine groups is 1. The number of amides is 3. The lowest BCUT2D eigenvalue weighted by Crippen LogP contribution is -2.53. The third kappa shape index (κ3) is 7.93. The first-order valence-electron chi connectivity index (χ1n) is 11.8. The molecule has 2 rings (SSSR count). The number of rotatable bonds is 11. The van der Waals surface area contributed by atoms with Crippen LogP contribution in [0.25, 0.3) is 0 Å². The van der Waals surface area contributed by atoms with Gasteiger partial charge in [0.25, 0.3) is 0 Å². The Labute approximate surface area is 192 Å². The molecule has 1 aromatic carbocycles. The smallest absolute Gasteiger partial charge is 0.247 e. The highest BCUT2D eigenvalue weighted by atomic mass is 16.6. The molecule has 3 amide bonds. The Balaban J connectivity index is 2.02. The summed E-state index contributed by atoms with van der Waals surface area (Å²) in [5.41, 5.74) is 3.43. The van der Waals surface area contributed by atoms with Gasteiger partial charge in [-0.15, -0.1) is 0 Å². The fourth-order valence-corrected chi connectivity index (χ4v) is 4.37. The van der Waals surface area contributed by atoms with Crippen LogP contribution in [0, 0.1) is 23.7 Å². The number of benzene rings is 1. The molecule has 178 valence electrons. The average molecular weight is 446 g/mol. The second-order valence-electron chi connectivity index (χ2n) is 9.26. The molecule has 1 aliphatic rings. The predicted octanol–water partition coefficient (Wildman–Crippen LogP) is 3.34. The summed E-state index contributed by atoms with van der Waals surface area (Å²) >= 11 is 0. The molecule has 7 heteroatoms. The summed E-state index contributed by atoms with van der Waals surface area (Å²) in [5, 5.41) is 5.68. The van der Waals surface area contributed by atoms with Crippen LogP contribution in [0.1, 0.15) is 64.9 Å². The largest absolute Gasteiger partial charge is 0.357 e. The third-order valence-electron chi connectivity index (χ3n) is 6.28. The Morgan fingerprint density at radius 2 is 1.62 bits per heavy atom. The number of hydrogen-bond acceptors (Lipinski definition) is 4. The van der Waals surface area contributed by atoms with E-state index in [-0.39, 0.29) is 36.2 Å². The maximum Gasteiger partial charge on any atom is 0.247 e. The van der Waals surface area contributed by atoms with Crippen LogP contribution in [0.15, 0.2) is 30.3 Å². The lowest BCUT2D eigenvalue weighted by molar-refractivity contribution is -0.144. The lowest BCUT2D eigenvalue weighted by Gasteiger charge is -2.32. The summed E-state index contributed by atoms with van der Waals surface area (Å²) in [4.78, 5) is 43.9. The van der Waals surface area contributed by atoms with Crippen LogP contribution in [0.2, 0.25) is 0 Å². The van der Waals surface area contributed by atoms with Gasteiger partial charge in [-0.2, -0.15) is 0 Å². The molecule has 0 unspecified atom stereocenters. The highest BCUT2D eigenvalue weighted by Crippen LogP contribution is 2.28. The Kier molecular flexibility index (Phi) is 10.7. The van der Waals surface area contributed by atoms with Crippen LogP contribution in [-0.4, -0.2) is 30.8 Å². The van der Waals surface area contributed by atoms with E-state index in [0.29, 0.717) is 6.42 Å². The topological polar surface area (TPSA) is 96.5 Å². The monoisotopic (exact) mass is 445 g/mol. The van der Waals surface area contributed by atoms with Crippen LogP contribution in [0.4, 0.5) is 0 Å². The number of likely N-dealkylation sites (N-methyl/N-ethyl adjacent to an activating group) is 1. The summed E-state index contributed by atoms with van der Waals surface area (Å²) in [5.74, 6) is -1.54. The van der Waals surface area contributed by atoms with E-state index in [1.807, 2.05) is 44.2 Å². The third-order valence-corrected chi connectivity index (χ3v) is 6.28. The van der Waals surface area contributed by atoms with Gasteiger partial charge in [0, 0.05) is 18.9 Å². The van der Waals surface area contributed by atoms with Gasteiger partial charge in [0.15, 0.2) is 0 Å². The molecule has 1 aromatic rings. The van der Waals surface area contributed by atoms with E-state index < -0.39 is 17.9 Å². The Morgan fingerprint density at radius 3 is 2.22 bits per heavy atom. The summed E-state index contributed by atoms with van der Waals surface area (Å²) in [6.07, 6.45) is 5.71. The molecule has 0 bridgehead atoms. The van der Waals surface area contributed by atoms with E-state index in [1.165, 1.54) is 6.42 Å². The maximum atomic E-state index is 13.3. The molecule has 0 aromatic heterocycles. The minimum Gasteiger partial charge on any atom is -0.357 e. The fraction of sp³-hybridized carbons (Fsp3) is 0.640. The summed E-state index contributed by atoms with van der Waals surface area (Å²) in [7, 11) is 1.59. The van der Waals surface area contributed by atoms with Crippen molar-refractivity contribution in [3.05, 3.63) is 35.9 Å². The van der Waals surface area contributed by atoms with Gasteiger partial charge in [0.1, 0.15) is 6.04 Å². The summed E-state index contributed by atoms with van der Waals surface area (Å²) in [6, 6.07) is 8.98. The van der Waals surface area contributed by atoms with Gasteiger partial charge < -0.3 is 10.6 Å². The molecule has 0 saturated heterocycles. The highest BCUT2D eigenvalue weighted by Gasteiger charge is 2.36. The van der Waals surface area contributed by atoms with Crippen molar-refractivity contribution in [2.24, 2.45) is 23.7 Å². The van der Waals surface area contributed by atoms with Crippen molar-refractivity contribution < 1.29 is 19.2 Å². The quantitative estimate of drug-likeness (QED) is 0.455. The van der Waals surface area contributed by atoms with E-state index in [9.17, 15) is 14.4 Å². The number of nitrogens with one attached hydrogen (secondary N) is 3. The van der Waals surface area contributed by atoms with Gasteiger partial charge in [-0.3, -0.25) is 19.2 Å². The van der Waals surface area contributed by atoms with Gasteiger partial charge in [-0.05, 0) is 36.7 Å². The minimum absolute atomic E-state index is 0.130. The SMILES string of the molecule is CNC(=O)[C@@H](NC(=O)[C@H](CC(C)C)[C@H](C)C(=O)NOCc1ccccc1)C1CCCCC1. The molecule has 1 aliphatic carbocycles. The van der Waals surface area contributed by atoms with E-state index in [2.05, 4.69) is 16.1 Å². The minimum atomic E-state index is -0.593. The average Bonchev–Trinajstić information content (AvgIpc) is 2.81. The van der Waals surface area contributed by atoms with Gasteiger partial charge in [-0.1, -0.05) is 70.4 Å². The zero-order chi connectivity index (χ0) is 23.5. The summed E-state index contributed by atoms with van der Waals surface area (Å²) in [6.45, 7) is 6.03. The molecule has 3 atom stereocenters. The van der Waals surface area contributed by atoms with Gasteiger partial charge >= 0.3 is 0 Å². The standard InChI is InChI=1S/C25H39N3O4/c1-17(2)15-21(18(3)23(29)28-32-16-19-11-7-5-8-12-19)24(30)27-22(25(31)26-4)20-13-9-6-10-14-20/h5,7-8,11-12,17-18,20-22H,6,9-10,13-16H2,1-4H3,(H,26,31)(H,27,30)(H,28,29)/t18-,21+,22-/m0/s1. The van der Waals surface area contributed by atoms with Crippen LogP contribution in [0.5, 0.6) is 0 Å². The Bertz CT molecular complexity index is 732. The van der Waals surface area contributed by atoms with Crippen molar-refractivity contribution >= 4 is 17.7 Å². The van der Waals surface area contributed by atoms with E-state index >= 15 is 0 Å². The molecule has 0 radical (unpaired) electrons. The number of carbonyl (C=O) groups excluding carboxylic acids is 3. The molecule has 3 N–H and O–H groups in total. The highest BCUT2D eigenvalue weighted by molar-refractivity contribution is 5.91. The number of carbonyl (C=O) groups is 3. The number of hydrogen-bond donors (Lipinski definition) is 3. The molecular formula is C25H39N3O4. The molecule has 7 nitrogen and oxygen atoms in total. The van der Waals surface area contributed by atoms with Crippen LogP contribution < -0.4 is 16.1 Å². The molecule has 1 fully saturated rings. The summed E-state index contributed by atoms with van der Waals surface area (Å²) < 4.78 is 0. The zero-order valence-corrected chi connectivity index (χ0v) is 19.9. The first-order valence-corrected chi connectivity index (χ1v) is 11.8. The van der Waals surface area contributed by atoms with E-state index in [4.69, 9.17) is 4.84 Å². The maximum absolute atomic E-state index is 13.3. The molecule has 1 saturated carbocycles. The molecule has 32 heavy (non-hydrogen) atoms. The second-order valence-corrected chi connectivity index (χ2v) is 9.26. The predicted molar refractivity (Wildman–Crippen MR) is 124 cm³/mol. The van der Waals surface area contributed by atoms with E-state index in [1.54, 1.807) is 14.0 Å². The van der Waals surface area contributed by atoms with Crippen molar-refractivity contribution in [3.63, 3.8) is 0 Å². The van der Waals surface area contributed by atoms with Crippen molar-refractivity contribution in [2.75, 3.05) is 7.05 Å². The Hall–Kier alpha value is -2.41. The van der Waals surface area contributed by atoms with Crippen molar-refractivity contribution in [2.45, 2.75) is 71.9 Å². The van der Waals surface area contributed by atoms with Crippen LogP contribution in [0.3, 0.4) is 0 Å². The fourth-order valence-electron chi connectivity index (χ4n) is 4.37. The first-order chi connectivity index (χ1) is 15.3. The van der Waals surface area contributed by atoms with E-state index in [0.717, 1.165) is 31.2 Å². The lowest BCUT2D eigenvalue weighted by atomic mass is 9.81. The van der Waals surface area contributed by atoms with Crippen molar-refractivity contribution in [3.8, 4) is 0 Å². The zero-order valence-electron chi connectivity index (χ0n) is 19.9.